The van der Waals surface area contributed by atoms with Crippen molar-refractivity contribution in [3.05, 3.63) is 58.7 Å². The number of aryl methyl sites for hydroxylation is 4. The van der Waals surface area contributed by atoms with Gasteiger partial charge in [0, 0.05) is 17.9 Å². The molecule has 0 fully saturated rings. The van der Waals surface area contributed by atoms with Gasteiger partial charge in [-0.2, -0.15) is 0 Å². The van der Waals surface area contributed by atoms with Crippen molar-refractivity contribution in [1.82, 2.24) is 0 Å². The molecule has 0 aliphatic rings. The van der Waals surface area contributed by atoms with E-state index in [-0.39, 0.29) is 0 Å². The molecule has 0 aliphatic heterocycles. The molecule has 130 valence electrons. The highest BCUT2D eigenvalue weighted by Crippen LogP contribution is 2.30. The van der Waals surface area contributed by atoms with Crippen LogP contribution in [0.4, 0.5) is 11.4 Å². The fourth-order valence-corrected chi connectivity index (χ4v) is 3.00. The van der Waals surface area contributed by atoms with Gasteiger partial charge < -0.3 is 4.90 Å². The van der Waals surface area contributed by atoms with Crippen molar-refractivity contribution in [2.75, 3.05) is 11.4 Å². The van der Waals surface area contributed by atoms with Gasteiger partial charge in [-0.3, -0.25) is 0 Å². The number of hydrogen-bond acceptors (Lipinski definition) is 1. The minimum Gasteiger partial charge on any atom is -0.341 e. The lowest BCUT2D eigenvalue weighted by Gasteiger charge is -2.29. The lowest BCUT2D eigenvalue weighted by atomic mass is 10.0. The van der Waals surface area contributed by atoms with Crippen molar-refractivity contribution in [3.8, 4) is 0 Å². The van der Waals surface area contributed by atoms with Crippen LogP contribution in [-0.4, -0.2) is 6.54 Å². The molecule has 2 rings (SSSR count). The molecule has 0 spiro atoms. The van der Waals surface area contributed by atoms with E-state index in [0.29, 0.717) is 5.92 Å². The molecular formula is C23H33N. The molecule has 1 unspecified atom stereocenters. The molecule has 0 N–H and O–H groups in total. The smallest absolute Gasteiger partial charge is 0.0416 e. The Morgan fingerprint density at radius 2 is 1.42 bits per heavy atom. The largest absolute Gasteiger partial charge is 0.341 e. The van der Waals surface area contributed by atoms with Gasteiger partial charge in [0.2, 0.25) is 0 Å². The van der Waals surface area contributed by atoms with Crippen molar-refractivity contribution in [2.45, 2.75) is 60.8 Å². The van der Waals surface area contributed by atoms with Gasteiger partial charge in [-0.05, 0) is 79.1 Å². The van der Waals surface area contributed by atoms with E-state index < -0.39 is 0 Å². The zero-order chi connectivity index (χ0) is 17.7. The van der Waals surface area contributed by atoms with Crippen molar-refractivity contribution >= 4 is 11.4 Å². The molecule has 0 saturated heterocycles. The predicted molar refractivity (Wildman–Crippen MR) is 108 cm³/mol. The van der Waals surface area contributed by atoms with Gasteiger partial charge in [-0.15, -0.1) is 0 Å². The van der Waals surface area contributed by atoms with E-state index in [9.17, 15) is 0 Å². The molecular weight excluding hydrogens is 290 g/mol. The third-order valence-electron chi connectivity index (χ3n) is 5.16. The monoisotopic (exact) mass is 323 g/mol. The Morgan fingerprint density at radius 1 is 0.792 bits per heavy atom. The maximum absolute atomic E-state index is 2.51. The quantitative estimate of drug-likeness (QED) is 0.554. The van der Waals surface area contributed by atoms with Gasteiger partial charge in [0.05, 0.1) is 0 Å². The van der Waals surface area contributed by atoms with Crippen LogP contribution >= 0.6 is 0 Å². The molecule has 24 heavy (non-hydrogen) atoms. The molecule has 0 bridgehead atoms. The van der Waals surface area contributed by atoms with Gasteiger partial charge in [-0.1, -0.05) is 46.2 Å². The van der Waals surface area contributed by atoms with Gasteiger partial charge in [0.1, 0.15) is 0 Å². The summed E-state index contributed by atoms with van der Waals surface area (Å²) in [6.45, 7) is 14.6. The SMILES string of the molecule is CCc1cc(CC)cc(N(CC(C)CC)c2ccc(C)c(C)c2)c1. The summed E-state index contributed by atoms with van der Waals surface area (Å²) in [7, 11) is 0. The maximum Gasteiger partial charge on any atom is 0.0416 e. The van der Waals surface area contributed by atoms with Crippen LogP contribution in [0, 0.1) is 19.8 Å². The van der Waals surface area contributed by atoms with Gasteiger partial charge >= 0.3 is 0 Å². The second kappa shape index (κ2) is 8.37. The van der Waals surface area contributed by atoms with Crippen LogP contribution in [0.1, 0.15) is 56.4 Å². The average molecular weight is 324 g/mol. The molecule has 2 aromatic rings. The summed E-state index contributed by atoms with van der Waals surface area (Å²) >= 11 is 0. The van der Waals surface area contributed by atoms with Gasteiger partial charge in [-0.25, -0.2) is 0 Å². The van der Waals surface area contributed by atoms with E-state index in [0.717, 1.165) is 19.4 Å². The lowest BCUT2D eigenvalue weighted by molar-refractivity contribution is 0.568. The third-order valence-corrected chi connectivity index (χ3v) is 5.16. The molecule has 0 aliphatic carbocycles. The number of hydrogen-bond donors (Lipinski definition) is 0. The molecule has 1 heteroatoms. The van der Waals surface area contributed by atoms with Gasteiger partial charge in [0.15, 0.2) is 0 Å². The first-order chi connectivity index (χ1) is 11.5. The summed E-state index contributed by atoms with van der Waals surface area (Å²) in [5.74, 6) is 0.668. The van der Waals surface area contributed by atoms with Crippen molar-refractivity contribution in [3.63, 3.8) is 0 Å². The number of rotatable bonds is 7. The number of anilines is 2. The standard InChI is InChI=1S/C23H33N/c1-7-17(4)16-24(22-11-10-18(5)19(6)12-22)23-14-20(8-2)13-21(9-3)15-23/h10-15,17H,7-9,16H2,1-6H3. The highest BCUT2D eigenvalue weighted by atomic mass is 15.1. The normalized spacial score (nSPS) is 12.2. The second-order valence-corrected chi connectivity index (χ2v) is 7.11. The van der Waals surface area contributed by atoms with Gasteiger partial charge in [0.25, 0.3) is 0 Å². The minimum atomic E-state index is 0.668. The van der Waals surface area contributed by atoms with Crippen LogP contribution in [0.3, 0.4) is 0 Å². The zero-order valence-electron chi connectivity index (χ0n) is 16.3. The van der Waals surface area contributed by atoms with Crippen LogP contribution in [0.5, 0.6) is 0 Å². The summed E-state index contributed by atoms with van der Waals surface area (Å²) in [4.78, 5) is 2.51. The Hall–Kier alpha value is -1.76. The Bertz CT molecular complexity index is 649. The number of benzene rings is 2. The van der Waals surface area contributed by atoms with Crippen LogP contribution in [0.15, 0.2) is 36.4 Å². The molecule has 1 nitrogen and oxygen atoms in total. The zero-order valence-corrected chi connectivity index (χ0v) is 16.3. The lowest BCUT2D eigenvalue weighted by Crippen LogP contribution is -2.24. The molecule has 1 atom stereocenters. The molecule has 0 heterocycles. The molecule has 2 aromatic carbocycles. The van der Waals surface area contributed by atoms with E-state index in [4.69, 9.17) is 0 Å². The van der Waals surface area contributed by atoms with Crippen molar-refractivity contribution in [2.24, 2.45) is 5.92 Å². The second-order valence-electron chi connectivity index (χ2n) is 7.11. The van der Waals surface area contributed by atoms with Crippen LogP contribution < -0.4 is 4.90 Å². The summed E-state index contributed by atoms with van der Waals surface area (Å²) in [5, 5.41) is 0. The number of nitrogens with zero attached hydrogens (tertiary/aromatic N) is 1. The first-order valence-corrected chi connectivity index (χ1v) is 9.46. The minimum absolute atomic E-state index is 0.668. The highest BCUT2D eigenvalue weighted by Gasteiger charge is 2.14. The van der Waals surface area contributed by atoms with Crippen LogP contribution in [-0.2, 0) is 12.8 Å². The molecule has 0 radical (unpaired) electrons. The first-order valence-electron chi connectivity index (χ1n) is 9.46. The Kier molecular flexibility index (Phi) is 6.48. The average Bonchev–Trinajstić information content (AvgIpc) is 2.61. The van der Waals surface area contributed by atoms with E-state index in [2.05, 4.69) is 82.8 Å². The maximum atomic E-state index is 2.51. The fraction of sp³-hybridized carbons (Fsp3) is 0.478. The van der Waals surface area contributed by atoms with Crippen LogP contribution in [0.2, 0.25) is 0 Å². The Morgan fingerprint density at radius 3 is 1.92 bits per heavy atom. The predicted octanol–water partition coefficient (Wildman–Crippen LogP) is 6.61. The first kappa shape index (κ1) is 18.6. The Balaban J connectivity index is 2.51. The van der Waals surface area contributed by atoms with E-state index in [1.165, 1.54) is 40.0 Å². The van der Waals surface area contributed by atoms with Crippen molar-refractivity contribution < 1.29 is 0 Å². The highest BCUT2D eigenvalue weighted by molar-refractivity contribution is 5.66. The van der Waals surface area contributed by atoms with Crippen molar-refractivity contribution in [1.29, 1.82) is 0 Å². The molecule has 0 amide bonds. The molecule has 0 saturated carbocycles. The Labute approximate surface area is 148 Å². The van der Waals surface area contributed by atoms with E-state index >= 15 is 0 Å². The summed E-state index contributed by atoms with van der Waals surface area (Å²) < 4.78 is 0. The summed E-state index contributed by atoms with van der Waals surface area (Å²) in [6, 6.07) is 14.0. The topological polar surface area (TPSA) is 3.24 Å². The summed E-state index contributed by atoms with van der Waals surface area (Å²) in [5.41, 5.74) is 8.25. The molecule has 0 aromatic heterocycles. The van der Waals surface area contributed by atoms with E-state index in [1.54, 1.807) is 0 Å². The third kappa shape index (κ3) is 4.41. The summed E-state index contributed by atoms with van der Waals surface area (Å²) in [6.07, 6.45) is 3.38. The van der Waals surface area contributed by atoms with Crippen LogP contribution in [0.25, 0.3) is 0 Å². The van der Waals surface area contributed by atoms with E-state index in [1.807, 2.05) is 0 Å². The fourth-order valence-electron chi connectivity index (χ4n) is 3.00.